The lowest BCUT2D eigenvalue weighted by molar-refractivity contribution is 0.102. The molecule has 1 amide bonds. The zero-order chi connectivity index (χ0) is 16.8. The summed E-state index contributed by atoms with van der Waals surface area (Å²) < 4.78 is 12.9. The average Bonchev–Trinajstić information content (AvgIpc) is 3.05. The molecule has 0 saturated carbocycles. The Morgan fingerprint density at radius 2 is 1.83 bits per heavy atom. The van der Waals surface area contributed by atoms with Gasteiger partial charge in [0.2, 0.25) is 0 Å². The first-order valence-electron chi connectivity index (χ1n) is 7.34. The molecule has 3 aromatic rings. The molecule has 0 atom stereocenters. The minimum atomic E-state index is -0.220. The number of hydrogen-bond acceptors (Lipinski definition) is 4. The summed E-state index contributed by atoms with van der Waals surface area (Å²) in [5.74, 6) is 1.16. The first-order chi connectivity index (χ1) is 11.7. The van der Waals surface area contributed by atoms with Crippen molar-refractivity contribution in [1.29, 1.82) is 0 Å². The van der Waals surface area contributed by atoms with E-state index in [-0.39, 0.29) is 11.7 Å². The number of amides is 1. The summed E-state index contributed by atoms with van der Waals surface area (Å²) in [6.07, 6.45) is 0. The lowest BCUT2D eigenvalue weighted by Gasteiger charge is -2.01. The van der Waals surface area contributed by atoms with E-state index in [2.05, 4.69) is 10.3 Å². The number of aromatic nitrogens is 1. The largest absolute Gasteiger partial charge is 0.298 e. The van der Waals surface area contributed by atoms with Crippen molar-refractivity contribution in [2.45, 2.75) is 11.5 Å². The number of carbonyl (C=O) groups excluding carboxylic acids is 1. The van der Waals surface area contributed by atoms with Crippen LogP contribution in [0.5, 0.6) is 0 Å². The van der Waals surface area contributed by atoms with Crippen molar-refractivity contribution in [2.75, 3.05) is 5.32 Å². The van der Waals surface area contributed by atoms with Crippen molar-refractivity contribution >= 4 is 34.1 Å². The third kappa shape index (κ3) is 4.66. The Morgan fingerprint density at radius 3 is 2.58 bits per heavy atom. The highest BCUT2D eigenvalue weighted by molar-refractivity contribution is 7.97. The molecule has 0 aliphatic carbocycles. The van der Waals surface area contributed by atoms with E-state index in [9.17, 15) is 9.18 Å². The third-order valence-corrected chi connectivity index (χ3v) is 5.08. The molecule has 0 bridgehead atoms. The molecule has 0 spiro atoms. The van der Waals surface area contributed by atoms with Crippen LogP contribution in [0, 0.1) is 5.82 Å². The fourth-order valence-corrected chi connectivity index (χ4v) is 3.74. The lowest BCUT2D eigenvalue weighted by Crippen LogP contribution is -2.11. The highest BCUT2D eigenvalue weighted by Gasteiger charge is 2.08. The van der Waals surface area contributed by atoms with Gasteiger partial charge in [0.05, 0.1) is 5.69 Å². The maximum atomic E-state index is 12.9. The molecule has 3 rings (SSSR count). The van der Waals surface area contributed by atoms with Gasteiger partial charge in [-0.15, -0.1) is 11.3 Å². The molecular weight excluding hydrogens is 343 g/mol. The summed E-state index contributed by atoms with van der Waals surface area (Å²) in [6, 6.07) is 15.6. The Balaban J connectivity index is 1.50. The van der Waals surface area contributed by atoms with E-state index in [4.69, 9.17) is 0 Å². The molecule has 1 aromatic heterocycles. The normalized spacial score (nSPS) is 10.5. The van der Waals surface area contributed by atoms with Gasteiger partial charge in [-0.3, -0.25) is 10.1 Å². The number of anilines is 1. The summed E-state index contributed by atoms with van der Waals surface area (Å²) in [7, 11) is 0. The number of carbonyl (C=O) groups is 1. The van der Waals surface area contributed by atoms with Gasteiger partial charge in [0.15, 0.2) is 5.13 Å². The predicted molar refractivity (Wildman–Crippen MR) is 97.9 cm³/mol. The van der Waals surface area contributed by atoms with Crippen molar-refractivity contribution < 1.29 is 9.18 Å². The van der Waals surface area contributed by atoms with Crippen LogP contribution in [0.3, 0.4) is 0 Å². The summed E-state index contributed by atoms with van der Waals surface area (Å²) in [6.45, 7) is 0. The highest BCUT2D eigenvalue weighted by Crippen LogP contribution is 2.22. The standard InChI is InChI=1S/C18H15FN2OS2/c19-15-8-6-13(7-9-15)10-23-11-16-12-24-18(20-16)21-17(22)14-4-2-1-3-5-14/h1-9,12H,10-11H2,(H,20,21,22). The minimum Gasteiger partial charge on any atom is -0.298 e. The number of benzene rings is 2. The Labute approximate surface area is 148 Å². The fraction of sp³-hybridized carbons (Fsp3) is 0.111. The van der Waals surface area contributed by atoms with Crippen LogP contribution in [0.1, 0.15) is 21.6 Å². The van der Waals surface area contributed by atoms with Crippen molar-refractivity contribution in [3.8, 4) is 0 Å². The van der Waals surface area contributed by atoms with E-state index in [0.29, 0.717) is 10.7 Å². The summed E-state index contributed by atoms with van der Waals surface area (Å²) in [4.78, 5) is 16.5. The van der Waals surface area contributed by atoms with Gasteiger partial charge in [-0.1, -0.05) is 30.3 Å². The molecule has 2 aromatic carbocycles. The van der Waals surface area contributed by atoms with E-state index in [0.717, 1.165) is 22.8 Å². The van der Waals surface area contributed by atoms with Crippen molar-refractivity contribution in [3.05, 3.63) is 82.6 Å². The molecule has 0 aliphatic rings. The molecule has 24 heavy (non-hydrogen) atoms. The maximum absolute atomic E-state index is 12.9. The molecule has 3 nitrogen and oxygen atoms in total. The second-order valence-electron chi connectivity index (χ2n) is 5.08. The predicted octanol–water partition coefficient (Wildman–Crippen LogP) is 4.97. The molecule has 0 unspecified atom stereocenters. The van der Waals surface area contributed by atoms with Crippen LogP contribution in [-0.2, 0) is 11.5 Å². The average molecular weight is 358 g/mol. The second-order valence-corrected chi connectivity index (χ2v) is 6.93. The zero-order valence-electron chi connectivity index (χ0n) is 12.7. The number of thiazole rings is 1. The monoisotopic (exact) mass is 358 g/mol. The third-order valence-electron chi connectivity index (χ3n) is 3.24. The summed E-state index contributed by atoms with van der Waals surface area (Å²) in [5, 5.41) is 5.35. The summed E-state index contributed by atoms with van der Waals surface area (Å²) in [5.41, 5.74) is 2.62. The smallest absolute Gasteiger partial charge is 0.257 e. The first-order valence-corrected chi connectivity index (χ1v) is 9.37. The number of rotatable bonds is 6. The molecule has 0 fully saturated rings. The van der Waals surface area contributed by atoms with Crippen LogP contribution in [0.2, 0.25) is 0 Å². The van der Waals surface area contributed by atoms with Gasteiger partial charge in [-0.2, -0.15) is 11.8 Å². The van der Waals surface area contributed by atoms with E-state index < -0.39 is 0 Å². The van der Waals surface area contributed by atoms with Gasteiger partial charge in [-0.05, 0) is 29.8 Å². The number of nitrogens with zero attached hydrogens (tertiary/aromatic N) is 1. The van der Waals surface area contributed by atoms with Crippen LogP contribution in [0.4, 0.5) is 9.52 Å². The molecule has 122 valence electrons. The molecule has 6 heteroatoms. The van der Waals surface area contributed by atoms with Crippen molar-refractivity contribution in [1.82, 2.24) is 4.98 Å². The van der Waals surface area contributed by atoms with Gasteiger partial charge in [0.25, 0.3) is 5.91 Å². The topological polar surface area (TPSA) is 42.0 Å². The van der Waals surface area contributed by atoms with E-state index in [1.807, 2.05) is 23.6 Å². The fourth-order valence-electron chi connectivity index (χ4n) is 2.04. The van der Waals surface area contributed by atoms with Gasteiger partial charge in [-0.25, -0.2) is 9.37 Å². The van der Waals surface area contributed by atoms with Crippen molar-refractivity contribution in [2.24, 2.45) is 0 Å². The van der Waals surface area contributed by atoms with E-state index in [1.54, 1.807) is 36.0 Å². The Bertz CT molecular complexity index is 803. The molecule has 1 heterocycles. The van der Waals surface area contributed by atoms with Crippen LogP contribution in [-0.4, -0.2) is 10.9 Å². The van der Waals surface area contributed by atoms with Gasteiger partial charge in [0.1, 0.15) is 5.82 Å². The number of nitrogens with one attached hydrogen (secondary N) is 1. The minimum absolute atomic E-state index is 0.157. The number of thioether (sulfide) groups is 1. The molecule has 1 N–H and O–H groups in total. The zero-order valence-corrected chi connectivity index (χ0v) is 14.4. The lowest BCUT2D eigenvalue weighted by atomic mass is 10.2. The Kier molecular flexibility index (Phi) is 5.61. The van der Waals surface area contributed by atoms with Crippen LogP contribution in [0.15, 0.2) is 60.0 Å². The molecular formula is C18H15FN2OS2. The SMILES string of the molecule is O=C(Nc1nc(CSCc2ccc(F)cc2)cs1)c1ccccc1. The van der Waals surface area contributed by atoms with Gasteiger partial charge >= 0.3 is 0 Å². The van der Waals surface area contributed by atoms with Crippen molar-refractivity contribution in [3.63, 3.8) is 0 Å². The van der Waals surface area contributed by atoms with Gasteiger partial charge < -0.3 is 0 Å². The molecule has 0 radical (unpaired) electrons. The highest BCUT2D eigenvalue weighted by atomic mass is 32.2. The molecule has 0 saturated heterocycles. The van der Waals surface area contributed by atoms with Gasteiger partial charge in [0, 0.05) is 22.4 Å². The van der Waals surface area contributed by atoms with Crippen LogP contribution < -0.4 is 5.32 Å². The quantitative estimate of drug-likeness (QED) is 0.676. The van der Waals surface area contributed by atoms with Crippen LogP contribution >= 0.6 is 23.1 Å². The van der Waals surface area contributed by atoms with E-state index in [1.165, 1.54) is 23.5 Å². The number of halogens is 1. The summed E-state index contributed by atoms with van der Waals surface area (Å²) >= 11 is 3.12. The maximum Gasteiger partial charge on any atom is 0.257 e. The number of hydrogen-bond donors (Lipinski definition) is 1. The Morgan fingerprint density at radius 1 is 1.08 bits per heavy atom. The second kappa shape index (κ2) is 8.08. The first kappa shape index (κ1) is 16.7. The van der Waals surface area contributed by atoms with E-state index >= 15 is 0 Å². The Hall–Kier alpha value is -2.18. The molecule has 0 aliphatic heterocycles. The van der Waals surface area contributed by atoms with Crippen LogP contribution in [0.25, 0.3) is 0 Å².